The first-order chi connectivity index (χ1) is 16.2. The number of nitrogens with zero attached hydrogens (tertiary/aromatic N) is 2. The van der Waals surface area contributed by atoms with Gasteiger partial charge in [0.25, 0.3) is 0 Å². The Labute approximate surface area is 220 Å². The topological polar surface area (TPSA) is 49.9 Å². The summed E-state index contributed by atoms with van der Waals surface area (Å²) in [5.74, 6) is -0.0860. The van der Waals surface area contributed by atoms with Crippen molar-refractivity contribution >= 4 is 58.0 Å². The molecule has 0 fully saturated rings. The summed E-state index contributed by atoms with van der Waals surface area (Å²) in [7, 11) is 0. The zero-order chi connectivity index (χ0) is 24.9. The lowest BCUT2D eigenvalue weighted by atomic mass is 9.92. The molecule has 5 nitrogen and oxygen atoms in total. The largest absolute Gasteiger partial charge is 0.382 e. The molecule has 34 heavy (non-hydrogen) atoms. The first kappa shape index (κ1) is 27.3. The van der Waals surface area contributed by atoms with Crippen LogP contribution in [0.2, 0.25) is 10.0 Å². The number of benzene rings is 1. The predicted octanol–water partition coefficient (Wildman–Crippen LogP) is 6.05. The van der Waals surface area contributed by atoms with Gasteiger partial charge in [-0.25, -0.2) is 0 Å². The van der Waals surface area contributed by atoms with Crippen LogP contribution in [0.5, 0.6) is 0 Å². The molecule has 0 spiro atoms. The number of thiophene rings is 1. The number of hydrogen-bond acceptors (Lipinski definition) is 4. The van der Waals surface area contributed by atoms with Crippen molar-refractivity contribution in [1.82, 2.24) is 9.80 Å². The predicted molar refractivity (Wildman–Crippen MR) is 140 cm³/mol. The fourth-order valence-electron chi connectivity index (χ4n) is 4.14. The number of fused-ring (bicyclic) bond motifs is 1. The summed E-state index contributed by atoms with van der Waals surface area (Å²) in [5.41, 5.74) is 1.13. The first-order valence-corrected chi connectivity index (χ1v) is 13.6. The number of hydrogen-bond donors (Lipinski definition) is 0. The fraction of sp³-hybridized carbons (Fsp3) is 0.520. The molecule has 1 aliphatic heterocycles. The normalized spacial score (nSPS) is 15.8. The van der Waals surface area contributed by atoms with Gasteiger partial charge in [0.1, 0.15) is 0 Å². The number of carbonyl (C=O) groups is 2. The van der Waals surface area contributed by atoms with E-state index >= 15 is 0 Å². The van der Waals surface area contributed by atoms with Gasteiger partial charge in [-0.3, -0.25) is 9.59 Å². The molecule has 0 saturated heterocycles. The lowest BCUT2D eigenvalue weighted by Crippen LogP contribution is -2.50. The molecule has 1 aromatic heterocycles. The maximum absolute atomic E-state index is 13.7. The quantitative estimate of drug-likeness (QED) is 0.270. The monoisotopic (exact) mass is 544 g/mol. The standard InChI is InChI=1S/C25H31Cl3N2O3S/c1-4-33-12-5-10-29(24(32)25(2,3)16-26)15-22(31)30-11-8-21-19(9-13-34-21)23(30)18-7-6-17(27)14-20(18)28/h6-7,9,13-14,23H,4-5,8,10-12,15-16H2,1-3H3. The highest BCUT2D eigenvalue weighted by atomic mass is 35.5. The minimum absolute atomic E-state index is 0.0214. The maximum Gasteiger partial charge on any atom is 0.242 e. The van der Waals surface area contributed by atoms with E-state index in [4.69, 9.17) is 39.5 Å². The second-order valence-corrected chi connectivity index (χ2v) is 11.1. The number of carbonyl (C=O) groups excluding carboxylic acids is 2. The summed E-state index contributed by atoms with van der Waals surface area (Å²) in [4.78, 5) is 31.7. The van der Waals surface area contributed by atoms with Gasteiger partial charge in [0.2, 0.25) is 11.8 Å². The van der Waals surface area contributed by atoms with Crippen LogP contribution in [0.1, 0.15) is 49.2 Å². The van der Waals surface area contributed by atoms with Crippen LogP contribution in [-0.2, 0) is 20.7 Å². The summed E-state index contributed by atoms with van der Waals surface area (Å²) in [5, 5.41) is 3.10. The van der Waals surface area contributed by atoms with E-state index in [0.717, 1.165) is 17.5 Å². The van der Waals surface area contributed by atoms with Crippen LogP contribution in [0.4, 0.5) is 0 Å². The molecule has 2 amide bonds. The Bertz CT molecular complexity index is 1010. The van der Waals surface area contributed by atoms with E-state index in [-0.39, 0.29) is 30.3 Å². The van der Waals surface area contributed by atoms with Crippen molar-refractivity contribution in [3.63, 3.8) is 0 Å². The van der Waals surface area contributed by atoms with E-state index in [1.165, 1.54) is 4.88 Å². The highest BCUT2D eigenvalue weighted by Crippen LogP contribution is 2.41. The Morgan fingerprint density at radius 2 is 2.00 bits per heavy atom. The highest BCUT2D eigenvalue weighted by Gasteiger charge is 2.37. The number of alkyl halides is 1. The summed E-state index contributed by atoms with van der Waals surface area (Å²) in [6, 6.07) is 7.10. The zero-order valence-corrected chi connectivity index (χ0v) is 22.9. The molecule has 1 aromatic carbocycles. The minimum Gasteiger partial charge on any atom is -0.382 e. The van der Waals surface area contributed by atoms with Crippen molar-refractivity contribution in [3.05, 3.63) is 55.7 Å². The number of rotatable bonds is 10. The Hall–Kier alpha value is -1.31. The average molecular weight is 546 g/mol. The summed E-state index contributed by atoms with van der Waals surface area (Å²) >= 11 is 20.5. The Balaban J connectivity index is 1.88. The van der Waals surface area contributed by atoms with E-state index in [1.54, 1.807) is 42.2 Å². The zero-order valence-electron chi connectivity index (χ0n) is 19.8. The summed E-state index contributed by atoms with van der Waals surface area (Å²) in [6.07, 6.45) is 1.41. The lowest BCUT2D eigenvalue weighted by Gasteiger charge is -2.39. The molecule has 2 heterocycles. The van der Waals surface area contributed by atoms with Gasteiger partial charge >= 0.3 is 0 Å². The molecule has 0 saturated carbocycles. The van der Waals surface area contributed by atoms with Crippen molar-refractivity contribution in [2.24, 2.45) is 5.41 Å². The molecular weight excluding hydrogens is 515 g/mol. The third kappa shape index (κ3) is 6.27. The molecule has 3 rings (SSSR count). The van der Waals surface area contributed by atoms with E-state index in [0.29, 0.717) is 42.8 Å². The van der Waals surface area contributed by atoms with Crippen LogP contribution in [0, 0.1) is 5.41 Å². The van der Waals surface area contributed by atoms with Crippen LogP contribution in [0.3, 0.4) is 0 Å². The van der Waals surface area contributed by atoms with Gasteiger partial charge in [0, 0.05) is 47.1 Å². The van der Waals surface area contributed by atoms with E-state index in [2.05, 4.69) is 6.07 Å². The molecular formula is C25H31Cl3N2O3S. The molecule has 0 aliphatic carbocycles. The van der Waals surface area contributed by atoms with Crippen molar-refractivity contribution in [3.8, 4) is 0 Å². The number of ether oxygens (including phenoxy) is 1. The van der Waals surface area contributed by atoms with Crippen LogP contribution < -0.4 is 0 Å². The number of halogens is 3. The van der Waals surface area contributed by atoms with Crippen molar-refractivity contribution < 1.29 is 14.3 Å². The maximum atomic E-state index is 13.7. The molecule has 1 atom stereocenters. The average Bonchev–Trinajstić information content (AvgIpc) is 3.29. The molecule has 2 aromatic rings. The molecule has 186 valence electrons. The van der Waals surface area contributed by atoms with Gasteiger partial charge in [-0.05, 0) is 68.3 Å². The van der Waals surface area contributed by atoms with Gasteiger partial charge in [-0.15, -0.1) is 22.9 Å². The Kier molecular flexibility index (Phi) is 9.70. The van der Waals surface area contributed by atoms with Crippen LogP contribution in [-0.4, -0.2) is 60.3 Å². The van der Waals surface area contributed by atoms with Gasteiger partial charge in [-0.1, -0.05) is 29.3 Å². The van der Waals surface area contributed by atoms with Gasteiger partial charge in [0.15, 0.2) is 0 Å². The van der Waals surface area contributed by atoms with E-state index in [1.807, 2.05) is 23.3 Å². The van der Waals surface area contributed by atoms with E-state index < -0.39 is 5.41 Å². The van der Waals surface area contributed by atoms with Crippen LogP contribution in [0.25, 0.3) is 0 Å². The minimum atomic E-state index is -0.769. The SMILES string of the molecule is CCOCCCN(CC(=O)N1CCc2sccc2C1c1ccc(Cl)cc1Cl)C(=O)C(C)(C)CCl. The third-order valence-electron chi connectivity index (χ3n) is 5.99. The number of amides is 2. The van der Waals surface area contributed by atoms with Gasteiger partial charge < -0.3 is 14.5 Å². The molecule has 0 N–H and O–H groups in total. The third-order valence-corrected chi connectivity index (χ3v) is 8.22. The Morgan fingerprint density at radius 1 is 1.24 bits per heavy atom. The van der Waals surface area contributed by atoms with Crippen molar-refractivity contribution in [2.75, 3.05) is 38.7 Å². The second kappa shape index (κ2) is 12.1. The molecule has 1 unspecified atom stereocenters. The van der Waals surface area contributed by atoms with Crippen LogP contribution in [0.15, 0.2) is 29.6 Å². The van der Waals surface area contributed by atoms with E-state index in [9.17, 15) is 9.59 Å². The smallest absolute Gasteiger partial charge is 0.242 e. The van der Waals surface area contributed by atoms with Crippen LogP contribution >= 0.6 is 46.1 Å². The second-order valence-electron chi connectivity index (χ2n) is 9.00. The summed E-state index contributed by atoms with van der Waals surface area (Å²) < 4.78 is 5.44. The molecule has 1 aliphatic rings. The van der Waals surface area contributed by atoms with Crippen molar-refractivity contribution in [2.45, 2.75) is 39.7 Å². The lowest BCUT2D eigenvalue weighted by molar-refractivity contribution is -0.146. The Morgan fingerprint density at radius 3 is 2.68 bits per heavy atom. The molecule has 9 heteroatoms. The van der Waals surface area contributed by atoms with Crippen molar-refractivity contribution in [1.29, 1.82) is 0 Å². The van der Waals surface area contributed by atoms with Gasteiger partial charge in [-0.2, -0.15) is 0 Å². The molecule has 0 bridgehead atoms. The molecule has 0 radical (unpaired) electrons. The first-order valence-electron chi connectivity index (χ1n) is 11.4. The van der Waals surface area contributed by atoms with Gasteiger partial charge in [0.05, 0.1) is 18.0 Å². The fourth-order valence-corrected chi connectivity index (χ4v) is 5.67. The highest BCUT2D eigenvalue weighted by molar-refractivity contribution is 7.10. The summed E-state index contributed by atoms with van der Waals surface area (Å²) in [6.45, 7) is 7.63.